The molecule has 0 aromatic heterocycles. The molecule has 0 unspecified atom stereocenters. The maximum absolute atomic E-state index is 13.2. The number of carbonyl (C=O) groups is 1. The zero-order chi connectivity index (χ0) is 12.7. The fourth-order valence-electron chi connectivity index (χ4n) is 1.37. The molecule has 94 valence electrons. The van der Waals surface area contributed by atoms with Gasteiger partial charge in [-0.1, -0.05) is 32.0 Å². The largest absolute Gasteiger partial charge is 0.338 e. The SMILES string of the molecule is CC(C)CNC(=O)NCCc1ccccc1F. The molecule has 2 amide bonds. The highest BCUT2D eigenvalue weighted by Gasteiger charge is 2.03. The molecule has 0 saturated heterocycles. The summed E-state index contributed by atoms with van der Waals surface area (Å²) in [6.45, 7) is 5.13. The minimum atomic E-state index is -0.225. The van der Waals surface area contributed by atoms with Crippen molar-refractivity contribution in [3.63, 3.8) is 0 Å². The predicted molar refractivity (Wildman–Crippen MR) is 66.3 cm³/mol. The summed E-state index contributed by atoms with van der Waals surface area (Å²) in [5.74, 6) is 0.198. The minimum absolute atomic E-state index is 0.199. The Morgan fingerprint density at radius 1 is 1.29 bits per heavy atom. The summed E-state index contributed by atoms with van der Waals surface area (Å²) >= 11 is 0. The third kappa shape index (κ3) is 5.33. The number of urea groups is 1. The van der Waals surface area contributed by atoms with Crippen LogP contribution >= 0.6 is 0 Å². The van der Waals surface area contributed by atoms with E-state index < -0.39 is 0 Å². The van der Waals surface area contributed by atoms with Crippen LogP contribution in [-0.2, 0) is 6.42 Å². The number of hydrogen-bond donors (Lipinski definition) is 2. The van der Waals surface area contributed by atoms with Crippen LogP contribution in [0.15, 0.2) is 24.3 Å². The van der Waals surface area contributed by atoms with Gasteiger partial charge in [-0.05, 0) is 24.0 Å². The first-order valence-corrected chi connectivity index (χ1v) is 5.84. The zero-order valence-electron chi connectivity index (χ0n) is 10.3. The Morgan fingerprint density at radius 2 is 2.00 bits per heavy atom. The van der Waals surface area contributed by atoms with E-state index in [0.717, 1.165) is 0 Å². The number of amides is 2. The van der Waals surface area contributed by atoms with Crippen LogP contribution in [0.1, 0.15) is 19.4 Å². The minimum Gasteiger partial charge on any atom is -0.338 e. The second-order valence-electron chi connectivity index (χ2n) is 4.37. The molecule has 0 spiro atoms. The van der Waals surface area contributed by atoms with Gasteiger partial charge >= 0.3 is 6.03 Å². The normalized spacial score (nSPS) is 10.4. The molecule has 0 bridgehead atoms. The molecule has 2 N–H and O–H groups in total. The summed E-state index contributed by atoms with van der Waals surface area (Å²) in [6.07, 6.45) is 0.502. The lowest BCUT2D eigenvalue weighted by molar-refractivity contribution is 0.239. The second-order valence-corrected chi connectivity index (χ2v) is 4.37. The van der Waals surface area contributed by atoms with Crippen molar-refractivity contribution in [1.29, 1.82) is 0 Å². The number of carbonyl (C=O) groups excluding carboxylic acids is 1. The van der Waals surface area contributed by atoms with Crippen LogP contribution in [0.3, 0.4) is 0 Å². The summed E-state index contributed by atoms with van der Waals surface area (Å²) in [6, 6.07) is 6.39. The molecule has 0 atom stereocenters. The van der Waals surface area contributed by atoms with E-state index in [2.05, 4.69) is 10.6 Å². The van der Waals surface area contributed by atoms with Gasteiger partial charge in [0.15, 0.2) is 0 Å². The van der Waals surface area contributed by atoms with E-state index >= 15 is 0 Å². The molecule has 17 heavy (non-hydrogen) atoms. The summed E-state index contributed by atoms with van der Waals surface area (Å²) in [7, 11) is 0. The lowest BCUT2D eigenvalue weighted by Gasteiger charge is -2.09. The van der Waals surface area contributed by atoms with Gasteiger partial charge in [-0.15, -0.1) is 0 Å². The number of hydrogen-bond acceptors (Lipinski definition) is 1. The van der Waals surface area contributed by atoms with Gasteiger partial charge in [0.05, 0.1) is 0 Å². The molecule has 0 aliphatic rings. The summed E-state index contributed by atoms with van der Waals surface area (Å²) in [4.78, 5) is 11.3. The molecule has 0 radical (unpaired) electrons. The molecule has 0 aliphatic heterocycles. The van der Waals surface area contributed by atoms with E-state index in [1.54, 1.807) is 18.2 Å². The van der Waals surface area contributed by atoms with Gasteiger partial charge < -0.3 is 10.6 Å². The number of benzene rings is 1. The van der Waals surface area contributed by atoms with E-state index in [1.807, 2.05) is 13.8 Å². The lowest BCUT2D eigenvalue weighted by atomic mass is 10.1. The van der Waals surface area contributed by atoms with Crippen LogP contribution in [0.25, 0.3) is 0 Å². The van der Waals surface area contributed by atoms with Crippen LogP contribution in [0.2, 0.25) is 0 Å². The van der Waals surface area contributed by atoms with Crippen molar-refractivity contribution in [2.24, 2.45) is 5.92 Å². The maximum atomic E-state index is 13.2. The highest BCUT2D eigenvalue weighted by Crippen LogP contribution is 2.05. The monoisotopic (exact) mass is 238 g/mol. The highest BCUT2D eigenvalue weighted by molar-refractivity contribution is 5.73. The Morgan fingerprint density at radius 3 is 2.65 bits per heavy atom. The van der Waals surface area contributed by atoms with Gasteiger partial charge in [0.2, 0.25) is 0 Å². The van der Waals surface area contributed by atoms with Crippen molar-refractivity contribution >= 4 is 6.03 Å². The van der Waals surface area contributed by atoms with Crippen LogP contribution in [0, 0.1) is 11.7 Å². The molecule has 0 saturated carbocycles. The van der Waals surface area contributed by atoms with Crippen molar-refractivity contribution in [3.05, 3.63) is 35.6 Å². The molecule has 1 aromatic carbocycles. The first-order valence-electron chi connectivity index (χ1n) is 5.84. The van der Waals surface area contributed by atoms with E-state index in [9.17, 15) is 9.18 Å². The van der Waals surface area contributed by atoms with E-state index in [1.165, 1.54) is 6.07 Å². The smallest absolute Gasteiger partial charge is 0.314 e. The molecule has 1 aromatic rings. The second kappa shape index (κ2) is 6.89. The molecule has 0 heterocycles. The predicted octanol–water partition coefficient (Wildman–Crippen LogP) is 2.32. The van der Waals surface area contributed by atoms with Gasteiger partial charge in [-0.25, -0.2) is 9.18 Å². The summed E-state index contributed by atoms with van der Waals surface area (Å²) in [5.41, 5.74) is 0.622. The molecule has 0 aliphatic carbocycles. The van der Waals surface area contributed by atoms with Crippen molar-refractivity contribution < 1.29 is 9.18 Å². The number of nitrogens with one attached hydrogen (secondary N) is 2. The van der Waals surface area contributed by atoms with Crippen LogP contribution in [0.4, 0.5) is 9.18 Å². The van der Waals surface area contributed by atoms with Gasteiger partial charge in [0.25, 0.3) is 0 Å². The highest BCUT2D eigenvalue weighted by atomic mass is 19.1. The number of halogens is 1. The van der Waals surface area contributed by atoms with Gasteiger partial charge in [-0.3, -0.25) is 0 Å². The molecule has 0 fully saturated rings. The zero-order valence-corrected chi connectivity index (χ0v) is 10.3. The Balaban J connectivity index is 2.24. The molecular formula is C13H19FN2O. The summed E-state index contributed by atoms with van der Waals surface area (Å²) < 4.78 is 13.2. The van der Waals surface area contributed by atoms with Gasteiger partial charge in [0.1, 0.15) is 5.82 Å². The Kier molecular flexibility index (Phi) is 5.46. The van der Waals surface area contributed by atoms with Crippen LogP contribution in [-0.4, -0.2) is 19.1 Å². The van der Waals surface area contributed by atoms with Crippen molar-refractivity contribution in [2.45, 2.75) is 20.3 Å². The molecule has 3 nitrogen and oxygen atoms in total. The van der Waals surface area contributed by atoms with Gasteiger partial charge in [-0.2, -0.15) is 0 Å². The quantitative estimate of drug-likeness (QED) is 0.812. The van der Waals surface area contributed by atoms with Crippen molar-refractivity contribution in [3.8, 4) is 0 Å². The lowest BCUT2D eigenvalue weighted by Crippen LogP contribution is -2.38. The molecular weight excluding hydrogens is 219 g/mol. The van der Waals surface area contributed by atoms with Crippen molar-refractivity contribution in [1.82, 2.24) is 10.6 Å². The van der Waals surface area contributed by atoms with Crippen LogP contribution in [0.5, 0.6) is 0 Å². The average molecular weight is 238 g/mol. The van der Waals surface area contributed by atoms with E-state index in [-0.39, 0.29) is 11.8 Å². The maximum Gasteiger partial charge on any atom is 0.314 e. The number of rotatable bonds is 5. The first kappa shape index (κ1) is 13.5. The topological polar surface area (TPSA) is 41.1 Å². The van der Waals surface area contributed by atoms with Crippen LogP contribution < -0.4 is 10.6 Å². The molecule has 1 rings (SSSR count). The Hall–Kier alpha value is -1.58. The van der Waals surface area contributed by atoms with Gasteiger partial charge in [0, 0.05) is 13.1 Å². The first-order chi connectivity index (χ1) is 8.09. The fraction of sp³-hybridized carbons (Fsp3) is 0.462. The molecule has 4 heteroatoms. The summed E-state index contributed by atoms with van der Waals surface area (Å²) in [5, 5.41) is 5.44. The average Bonchev–Trinajstić information content (AvgIpc) is 2.29. The Labute approximate surface area is 101 Å². The third-order valence-corrected chi connectivity index (χ3v) is 2.31. The van der Waals surface area contributed by atoms with E-state index in [4.69, 9.17) is 0 Å². The fourth-order valence-corrected chi connectivity index (χ4v) is 1.37. The van der Waals surface area contributed by atoms with Crippen molar-refractivity contribution in [2.75, 3.05) is 13.1 Å². The Bertz CT molecular complexity index is 366. The standard InChI is InChI=1S/C13H19FN2O/c1-10(2)9-16-13(17)15-8-7-11-5-3-4-6-12(11)14/h3-6,10H,7-9H2,1-2H3,(H2,15,16,17). The van der Waals surface area contributed by atoms with E-state index in [0.29, 0.717) is 31.0 Å². The third-order valence-electron chi connectivity index (χ3n) is 2.31.